The van der Waals surface area contributed by atoms with Gasteiger partial charge < -0.3 is 10.4 Å². The molecule has 0 radical (unpaired) electrons. The van der Waals surface area contributed by atoms with Gasteiger partial charge in [0.15, 0.2) is 0 Å². The fourth-order valence-corrected chi connectivity index (χ4v) is 0.734. The molecule has 0 fully saturated rings. The normalized spacial score (nSPS) is 16.7. The van der Waals surface area contributed by atoms with Crippen molar-refractivity contribution in [2.75, 3.05) is 0 Å². The highest BCUT2D eigenvalue weighted by atomic mass is 16.4. The van der Waals surface area contributed by atoms with Crippen LogP contribution in [0.2, 0.25) is 0 Å². The molecule has 2 N–H and O–H groups in total. The summed E-state index contributed by atoms with van der Waals surface area (Å²) >= 11 is 0. The van der Waals surface area contributed by atoms with Crippen molar-refractivity contribution < 1.29 is 10.4 Å². The Balaban J connectivity index is 5.08. The minimum absolute atomic E-state index is 0.389. The lowest BCUT2D eigenvalue weighted by molar-refractivity contribution is 0.319. The summed E-state index contributed by atoms with van der Waals surface area (Å²) in [5.41, 5.74) is 2.93. The monoisotopic (exact) mass is 280 g/mol. The molecular formula is C12H20N6O2. The van der Waals surface area contributed by atoms with Crippen LogP contribution >= 0.6 is 0 Å². The molecule has 0 aromatic heterocycles. The van der Waals surface area contributed by atoms with Crippen molar-refractivity contribution in [2.45, 2.75) is 41.5 Å². The smallest absolute Gasteiger partial charge is 0.0994 e. The Hall–Kier alpha value is -2.38. The molecule has 0 aliphatic carbocycles. The molecule has 0 aliphatic rings. The van der Waals surface area contributed by atoms with Gasteiger partial charge in [0.2, 0.25) is 0 Å². The van der Waals surface area contributed by atoms with E-state index < -0.39 is 0 Å². The second kappa shape index (κ2) is 8.68. The van der Waals surface area contributed by atoms with Crippen LogP contribution in [0.3, 0.4) is 0 Å². The molecule has 8 nitrogen and oxygen atoms in total. The molecule has 0 bridgehead atoms. The lowest BCUT2D eigenvalue weighted by Crippen LogP contribution is -2.09. The summed E-state index contributed by atoms with van der Waals surface area (Å²) in [6.45, 7) is 10.1. The molecule has 0 saturated heterocycles. The number of nitrogens with zero attached hydrogens (tertiary/aromatic N) is 6. The predicted molar refractivity (Wildman–Crippen MR) is 82.2 cm³/mol. The third kappa shape index (κ3) is 5.98. The maximum atomic E-state index is 8.59. The zero-order valence-corrected chi connectivity index (χ0v) is 12.6. The van der Waals surface area contributed by atoms with Gasteiger partial charge in [0, 0.05) is 0 Å². The fraction of sp³-hybridized carbons (Fsp3) is 0.500. The highest BCUT2D eigenvalue weighted by molar-refractivity contribution is 6.43. The first-order valence-corrected chi connectivity index (χ1v) is 5.89. The van der Waals surface area contributed by atoms with E-state index in [4.69, 9.17) is 10.4 Å². The first-order chi connectivity index (χ1) is 9.33. The molecule has 110 valence electrons. The molecule has 0 aliphatic heterocycles. The molecule has 0 heterocycles. The Morgan fingerprint density at radius 1 is 0.450 bits per heavy atom. The molecule has 0 spiro atoms. The number of rotatable bonds is 5. The van der Waals surface area contributed by atoms with E-state index in [0.29, 0.717) is 34.3 Å². The average molecular weight is 280 g/mol. The Morgan fingerprint density at radius 3 is 0.850 bits per heavy atom. The largest absolute Gasteiger partial charge is 0.411 e. The van der Waals surface area contributed by atoms with Gasteiger partial charge >= 0.3 is 0 Å². The molecular weight excluding hydrogens is 260 g/mol. The summed E-state index contributed by atoms with van der Waals surface area (Å²) < 4.78 is 0. The average Bonchev–Trinajstić information content (AvgIpc) is 2.47. The van der Waals surface area contributed by atoms with Gasteiger partial charge in [-0.1, -0.05) is 10.3 Å². The van der Waals surface area contributed by atoms with Gasteiger partial charge in [-0.25, -0.2) is 0 Å². The number of hydrogen-bond acceptors (Lipinski definition) is 8. The van der Waals surface area contributed by atoms with Gasteiger partial charge in [0.1, 0.15) is 0 Å². The van der Waals surface area contributed by atoms with E-state index in [0.717, 1.165) is 0 Å². The van der Waals surface area contributed by atoms with Gasteiger partial charge in [-0.2, -0.15) is 20.4 Å². The van der Waals surface area contributed by atoms with Crippen molar-refractivity contribution in [3.8, 4) is 0 Å². The highest BCUT2D eigenvalue weighted by Gasteiger charge is 2.00. The number of oxime groups is 2. The fourth-order valence-electron chi connectivity index (χ4n) is 0.734. The molecule has 0 aromatic rings. The van der Waals surface area contributed by atoms with Crippen LogP contribution in [0.25, 0.3) is 0 Å². The summed E-state index contributed by atoms with van der Waals surface area (Å²) in [5, 5.41) is 39.0. The van der Waals surface area contributed by atoms with Crippen LogP contribution in [0.15, 0.2) is 30.7 Å². The maximum Gasteiger partial charge on any atom is 0.0994 e. The quantitative estimate of drug-likeness (QED) is 0.457. The molecule has 8 heteroatoms. The van der Waals surface area contributed by atoms with Crippen molar-refractivity contribution in [3.63, 3.8) is 0 Å². The SMILES string of the molecule is CC(=N\O)/C(C)=N/N=C(C)/C(C)=N/N=C(C)/C(C)=N/O. The molecule has 0 amide bonds. The van der Waals surface area contributed by atoms with Crippen molar-refractivity contribution in [1.29, 1.82) is 0 Å². The minimum atomic E-state index is 0.389. The summed E-state index contributed by atoms with van der Waals surface area (Å²) in [5.74, 6) is 0. The van der Waals surface area contributed by atoms with Crippen LogP contribution in [-0.2, 0) is 0 Å². The molecule has 0 unspecified atom stereocenters. The van der Waals surface area contributed by atoms with E-state index in [1.54, 1.807) is 41.5 Å². The predicted octanol–water partition coefficient (Wildman–Crippen LogP) is 2.36. The molecule has 0 atom stereocenters. The second-order valence-electron chi connectivity index (χ2n) is 4.11. The van der Waals surface area contributed by atoms with Gasteiger partial charge in [0.25, 0.3) is 0 Å². The third-order valence-corrected chi connectivity index (χ3v) is 2.57. The van der Waals surface area contributed by atoms with E-state index in [9.17, 15) is 0 Å². The maximum absolute atomic E-state index is 8.59. The van der Waals surface area contributed by atoms with Crippen LogP contribution in [0.5, 0.6) is 0 Å². The van der Waals surface area contributed by atoms with Gasteiger partial charge in [-0.15, -0.1) is 0 Å². The Labute approximate surface area is 118 Å². The van der Waals surface area contributed by atoms with Gasteiger partial charge in [-0.3, -0.25) is 0 Å². The Bertz CT molecular complexity index is 478. The van der Waals surface area contributed by atoms with Crippen LogP contribution in [0.4, 0.5) is 0 Å². The van der Waals surface area contributed by atoms with Crippen LogP contribution in [0.1, 0.15) is 41.5 Å². The molecule has 20 heavy (non-hydrogen) atoms. The van der Waals surface area contributed by atoms with Crippen molar-refractivity contribution in [2.24, 2.45) is 30.7 Å². The van der Waals surface area contributed by atoms with E-state index in [1.807, 2.05) is 0 Å². The topological polar surface area (TPSA) is 115 Å². The van der Waals surface area contributed by atoms with Crippen molar-refractivity contribution >= 4 is 34.3 Å². The van der Waals surface area contributed by atoms with Crippen LogP contribution < -0.4 is 0 Å². The highest BCUT2D eigenvalue weighted by Crippen LogP contribution is 1.92. The van der Waals surface area contributed by atoms with Crippen LogP contribution in [0, 0.1) is 0 Å². The van der Waals surface area contributed by atoms with E-state index in [-0.39, 0.29) is 0 Å². The third-order valence-electron chi connectivity index (χ3n) is 2.57. The first-order valence-electron chi connectivity index (χ1n) is 5.89. The number of hydrogen-bond donors (Lipinski definition) is 2. The standard InChI is InChI=1S/C12H20N6O2/c1-7(13-15-9(3)11(5)17-19)8(2)14-16-10(4)12(6)18-20/h19-20H,1-6H3/b13-7+,14-8+,15-9+,16-10+,17-11+,18-12+. The Morgan fingerprint density at radius 2 is 0.650 bits per heavy atom. The van der Waals surface area contributed by atoms with E-state index in [1.165, 1.54) is 0 Å². The zero-order chi connectivity index (χ0) is 15.7. The van der Waals surface area contributed by atoms with E-state index in [2.05, 4.69) is 30.7 Å². The van der Waals surface area contributed by atoms with Crippen molar-refractivity contribution in [3.05, 3.63) is 0 Å². The summed E-state index contributed by atoms with van der Waals surface area (Å²) in [7, 11) is 0. The molecule has 0 rings (SSSR count). The Kier molecular flexibility index (Phi) is 7.64. The van der Waals surface area contributed by atoms with E-state index >= 15 is 0 Å². The minimum Gasteiger partial charge on any atom is -0.411 e. The second-order valence-corrected chi connectivity index (χ2v) is 4.11. The van der Waals surface area contributed by atoms with Gasteiger partial charge in [0.05, 0.1) is 34.3 Å². The summed E-state index contributed by atoms with van der Waals surface area (Å²) in [4.78, 5) is 0. The van der Waals surface area contributed by atoms with Gasteiger partial charge in [-0.05, 0) is 41.5 Å². The molecule has 0 aromatic carbocycles. The lowest BCUT2D eigenvalue weighted by Gasteiger charge is -1.97. The van der Waals surface area contributed by atoms with Crippen molar-refractivity contribution in [1.82, 2.24) is 0 Å². The summed E-state index contributed by atoms with van der Waals surface area (Å²) in [6, 6.07) is 0. The lowest BCUT2D eigenvalue weighted by atomic mass is 10.3. The zero-order valence-electron chi connectivity index (χ0n) is 12.6. The first kappa shape index (κ1) is 17.6. The summed E-state index contributed by atoms with van der Waals surface area (Å²) in [6.07, 6.45) is 0. The molecule has 0 saturated carbocycles. The van der Waals surface area contributed by atoms with Crippen LogP contribution in [-0.4, -0.2) is 44.7 Å².